The first kappa shape index (κ1) is 15.7. The fraction of sp³-hybridized carbons (Fsp3) is 0.333. The van der Waals surface area contributed by atoms with Crippen LogP contribution in [0.5, 0.6) is 0 Å². The molecule has 0 radical (unpaired) electrons. The van der Waals surface area contributed by atoms with Crippen LogP contribution in [0.3, 0.4) is 0 Å². The lowest BCUT2D eigenvalue weighted by molar-refractivity contribution is 0.0767. The molecule has 116 valence electrons. The van der Waals surface area contributed by atoms with Gasteiger partial charge in [-0.05, 0) is 32.9 Å². The molecular weight excluding hydrogens is 284 g/mol. The van der Waals surface area contributed by atoms with Crippen molar-refractivity contribution in [1.82, 2.24) is 15.0 Å². The highest BCUT2D eigenvalue weighted by atomic mass is 16.5. The van der Waals surface area contributed by atoms with E-state index in [9.17, 15) is 9.59 Å². The molecule has 2 amide bonds. The van der Waals surface area contributed by atoms with E-state index in [0.29, 0.717) is 30.2 Å². The maximum atomic E-state index is 12.2. The van der Waals surface area contributed by atoms with Crippen LogP contribution >= 0.6 is 0 Å². The third-order valence-corrected chi connectivity index (χ3v) is 3.16. The Bertz CT molecular complexity index is 677. The Labute approximate surface area is 128 Å². The van der Waals surface area contributed by atoms with Gasteiger partial charge in [0.05, 0.1) is 0 Å². The van der Waals surface area contributed by atoms with Crippen LogP contribution in [0.25, 0.3) is 0 Å². The number of aryl methyl sites for hydroxylation is 1. The molecule has 22 heavy (non-hydrogen) atoms. The average molecular weight is 302 g/mol. The average Bonchev–Trinajstić information content (AvgIpc) is 2.93. The summed E-state index contributed by atoms with van der Waals surface area (Å²) >= 11 is 0. The summed E-state index contributed by atoms with van der Waals surface area (Å²) in [6, 6.07) is 4.63. The first-order chi connectivity index (χ1) is 10.5. The molecule has 7 heteroatoms. The summed E-state index contributed by atoms with van der Waals surface area (Å²) in [6.07, 6.45) is 1.44. The van der Waals surface area contributed by atoms with Gasteiger partial charge in [-0.1, -0.05) is 5.16 Å². The summed E-state index contributed by atoms with van der Waals surface area (Å²) in [4.78, 5) is 30.1. The van der Waals surface area contributed by atoms with E-state index in [-0.39, 0.29) is 17.5 Å². The van der Waals surface area contributed by atoms with Crippen molar-refractivity contribution in [3.05, 3.63) is 41.4 Å². The number of carbonyl (C=O) groups is 2. The van der Waals surface area contributed by atoms with Crippen molar-refractivity contribution in [1.29, 1.82) is 0 Å². The molecule has 0 aromatic carbocycles. The lowest BCUT2D eigenvalue weighted by Crippen LogP contribution is -2.31. The van der Waals surface area contributed by atoms with Crippen LogP contribution in [0.15, 0.2) is 28.9 Å². The van der Waals surface area contributed by atoms with Gasteiger partial charge in [0.25, 0.3) is 11.8 Å². The molecule has 0 atom stereocenters. The minimum absolute atomic E-state index is 0.197. The van der Waals surface area contributed by atoms with Gasteiger partial charge in [0.2, 0.25) is 0 Å². The van der Waals surface area contributed by atoms with Crippen molar-refractivity contribution in [2.24, 2.45) is 0 Å². The SMILES string of the molecule is CCN(CC)C(=O)c1cc(C(=O)Nc2cc(C)on2)ccn1. The predicted octanol–water partition coefficient (Wildman–Crippen LogP) is 2.11. The smallest absolute Gasteiger partial charge is 0.272 e. The number of aromatic nitrogens is 2. The molecular formula is C15H18N4O3. The zero-order chi connectivity index (χ0) is 16.1. The molecule has 2 rings (SSSR count). The van der Waals surface area contributed by atoms with Gasteiger partial charge in [-0.25, -0.2) is 0 Å². The van der Waals surface area contributed by atoms with Gasteiger partial charge in [0.15, 0.2) is 5.82 Å². The molecule has 0 spiro atoms. The van der Waals surface area contributed by atoms with Gasteiger partial charge in [-0.2, -0.15) is 0 Å². The number of hydrogen-bond donors (Lipinski definition) is 1. The van der Waals surface area contributed by atoms with Crippen LogP contribution < -0.4 is 5.32 Å². The van der Waals surface area contributed by atoms with Crippen molar-refractivity contribution < 1.29 is 14.1 Å². The molecule has 0 aliphatic carbocycles. The van der Waals surface area contributed by atoms with Gasteiger partial charge in [0.1, 0.15) is 11.5 Å². The van der Waals surface area contributed by atoms with E-state index in [4.69, 9.17) is 4.52 Å². The molecule has 2 aromatic rings. The van der Waals surface area contributed by atoms with E-state index < -0.39 is 0 Å². The van der Waals surface area contributed by atoms with Crippen LogP contribution in [-0.2, 0) is 0 Å². The topological polar surface area (TPSA) is 88.3 Å². The van der Waals surface area contributed by atoms with Crippen LogP contribution in [0.2, 0.25) is 0 Å². The van der Waals surface area contributed by atoms with Crippen molar-refractivity contribution in [2.45, 2.75) is 20.8 Å². The number of nitrogens with one attached hydrogen (secondary N) is 1. The lowest BCUT2D eigenvalue weighted by Gasteiger charge is -2.18. The highest BCUT2D eigenvalue weighted by molar-refractivity contribution is 6.05. The number of hydrogen-bond acceptors (Lipinski definition) is 5. The standard InChI is InChI=1S/C15H18N4O3/c1-4-19(5-2)15(21)12-9-11(6-7-16-12)14(20)17-13-8-10(3)22-18-13/h6-9H,4-5H2,1-3H3,(H,17,18,20). The minimum Gasteiger partial charge on any atom is -0.360 e. The monoisotopic (exact) mass is 302 g/mol. The molecule has 0 bridgehead atoms. The van der Waals surface area contributed by atoms with Crippen molar-refractivity contribution in [2.75, 3.05) is 18.4 Å². The highest BCUT2D eigenvalue weighted by Gasteiger charge is 2.16. The Morgan fingerprint density at radius 2 is 2.00 bits per heavy atom. The van der Waals surface area contributed by atoms with E-state index in [1.807, 2.05) is 13.8 Å². The lowest BCUT2D eigenvalue weighted by atomic mass is 10.2. The van der Waals surface area contributed by atoms with Gasteiger partial charge < -0.3 is 14.7 Å². The fourth-order valence-corrected chi connectivity index (χ4v) is 1.98. The van der Waals surface area contributed by atoms with Crippen molar-refractivity contribution in [3.63, 3.8) is 0 Å². The normalized spacial score (nSPS) is 10.3. The van der Waals surface area contributed by atoms with Gasteiger partial charge >= 0.3 is 0 Å². The number of anilines is 1. The second kappa shape index (κ2) is 6.84. The Kier molecular flexibility index (Phi) is 4.88. The highest BCUT2D eigenvalue weighted by Crippen LogP contribution is 2.11. The van der Waals surface area contributed by atoms with E-state index >= 15 is 0 Å². The first-order valence-electron chi connectivity index (χ1n) is 7.05. The molecule has 2 heterocycles. The molecule has 0 aliphatic heterocycles. The molecule has 7 nitrogen and oxygen atoms in total. The van der Waals surface area contributed by atoms with Crippen LogP contribution in [0, 0.1) is 6.92 Å². The van der Waals surface area contributed by atoms with Crippen LogP contribution in [0.4, 0.5) is 5.82 Å². The summed E-state index contributed by atoms with van der Waals surface area (Å²) < 4.78 is 4.89. The third-order valence-electron chi connectivity index (χ3n) is 3.16. The Morgan fingerprint density at radius 1 is 1.27 bits per heavy atom. The number of amides is 2. The molecule has 0 saturated heterocycles. The molecule has 0 fully saturated rings. The minimum atomic E-state index is -0.371. The Balaban J connectivity index is 2.17. The van der Waals surface area contributed by atoms with E-state index in [1.165, 1.54) is 12.3 Å². The first-order valence-corrected chi connectivity index (χ1v) is 7.05. The van der Waals surface area contributed by atoms with Crippen LogP contribution in [-0.4, -0.2) is 39.9 Å². The zero-order valence-corrected chi connectivity index (χ0v) is 12.8. The summed E-state index contributed by atoms with van der Waals surface area (Å²) in [7, 11) is 0. The number of nitrogens with zero attached hydrogens (tertiary/aromatic N) is 3. The van der Waals surface area contributed by atoms with E-state index in [1.54, 1.807) is 24.0 Å². The Hall–Kier alpha value is -2.70. The zero-order valence-electron chi connectivity index (χ0n) is 12.8. The number of pyridine rings is 1. The summed E-state index contributed by atoms with van der Waals surface area (Å²) in [5.74, 6) is 0.361. The fourth-order valence-electron chi connectivity index (χ4n) is 1.98. The van der Waals surface area contributed by atoms with Crippen molar-refractivity contribution >= 4 is 17.6 Å². The molecule has 0 saturated carbocycles. The summed E-state index contributed by atoms with van der Waals surface area (Å²) in [6.45, 7) is 6.70. The summed E-state index contributed by atoms with van der Waals surface area (Å²) in [5.41, 5.74) is 0.582. The maximum Gasteiger partial charge on any atom is 0.272 e. The largest absolute Gasteiger partial charge is 0.360 e. The van der Waals surface area contributed by atoms with Crippen molar-refractivity contribution in [3.8, 4) is 0 Å². The third kappa shape index (κ3) is 3.49. The molecule has 0 aliphatic rings. The van der Waals surface area contributed by atoms with Gasteiger partial charge in [-0.3, -0.25) is 14.6 Å². The molecule has 0 unspecified atom stereocenters. The predicted molar refractivity (Wildman–Crippen MR) is 80.7 cm³/mol. The van der Waals surface area contributed by atoms with E-state index in [2.05, 4.69) is 15.5 Å². The second-order valence-corrected chi connectivity index (χ2v) is 4.68. The quantitative estimate of drug-likeness (QED) is 0.913. The molecule has 1 N–H and O–H groups in total. The summed E-state index contributed by atoms with van der Waals surface area (Å²) in [5, 5.41) is 6.30. The van der Waals surface area contributed by atoms with Crippen LogP contribution in [0.1, 0.15) is 40.5 Å². The van der Waals surface area contributed by atoms with E-state index in [0.717, 1.165) is 0 Å². The number of carbonyl (C=O) groups excluding carboxylic acids is 2. The maximum absolute atomic E-state index is 12.2. The van der Waals surface area contributed by atoms with Gasteiger partial charge in [-0.15, -0.1) is 0 Å². The number of rotatable bonds is 5. The second-order valence-electron chi connectivity index (χ2n) is 4.68. The Morgan fingerprint density at radius 3 is 2.59 bits per heavy atom. The molecule has 2 aromatic heterocycles. The van der Waals surface area contributed by atoms with Gasteiger partial charge in [0, 0.05) is 30.9 Å².